The molecule has 4 heteroatoms. The second kappa shape index (κ2) is 1.39. The Hall–Kier alpha value is -0.930. The number of hydrogen-bond acceptors (Lipinski definition) is 3. The summed E-state index contributed by atoms with van der Waals surface area (Å²) in [6, 6.07) is 0. The Morgan fingerprint density at radius 1 is 1.13 bits per heavy atom. The average molecular weight is 200 g/mol. The van der Waals surface area contributed by atoms with Gasteiger partial charge in [-0.25, -0.2) is 0 Å². The largest absolute Gasteiger partial charge is 0.181 e. The molecule has 4 nitrogen and oxygen atoms in total. The molecule has 15 heavy (non-hydrogen) atoms. The molecule has 1 aromatic heterocycles. The molecule has 6 aliphatic rings. The normalized spacial score (nSPS) is 73.1. The lowest BCUT2D eigenvalue weighted by Gasteiger charge is -3.11. The molecule has 6 fully saturated rings. The minimum Gasteiger partial charge on any atom is -0.177 e. The van der Waals surface area contributed by atoms with Gasteiger partial charge in [-0.05, 0) is 47.3 Å². The highest BCUT2D eigenvalue weighted by Crippen LogP contribution is 3.10. The van der Waals surface area contributed by atoms with E-state index in [1.54, 1.807) is 0 Å². The fourth-order valence-corrected chi connectivity index (χ4v) is 7.25. The Bertz CT molecular complexity index is 451. The maximum absolute atomic E-state index is 4.26. The van der Waals surface area contributed by atoms with Crippen LogP contribution < -0.4 is 0 Å². The van der Waals surface area contributed by atoms with Crippen molar-refractivity contribution in [1.82, 2.24) is 20.6 Å². The molecule has 6 saturated carbocycles. The first kappa shape index (κ1) is 6.61. The van der Waals surface area contributed by atoms with Crippen LogP contribution in [0, 0.1) is 40.9 Å². The van der Waals surface area contributed by atoms with Gasteiger partial charge in [0.1, 0.15) is 0 Å². The van der Waals surface area contributed by atoms with Crippen LogP contribution in [0.15, 0.2) is 0 Å². The summed E-state index contributed by atoms with van der Waals surface area (Å²) in [5, 5.41) is 14.9. The van der Waals surface area contributed by atoms with Crippen LogP contribution in [0.4, 0.5) is 0 Å². The van der Waals surface area contributed by atoms with Crippen LogP contribution in [0.3, 0.4) is 0 Å². The molecule has 76 valence electrons. The fourth-order valence-electron chi connectivity index (χ4n) is 7.25. The molecule has 1 aromatic rings. The van der Waals surface area contributed by atoms with Gasteiger partial charge in [0.15, 0.2) is 5.82 Å². The zero-order valence-electron chi connectivity index (χ0n) is 8.51. The van der Waals surface area contributed by atoms with Gasteiger partial charge in [0.2, 0.25) is 0 Å². The standard InChI is InChI=1S/C11H12N4/c1-2-10-3-6-4(10)8-5(10)7(3)11(6,8)9-12-14-15-13-9/h3-8H,2H2,1H3,(H,12,13,14,15). The average Bonchev–Trinajstić information content (AvgIpc) is 2.82. The molecule has 0 bridgehead atoms. The van der Waals surface area contributed by atoms with E-state index in [4.69, 9.17) is 0 Å². The van der Waals surface area contributed by atoms with Crippen molar-refractivity contribution in [2.75, 3.05) is 0 Å². The second-order valence-electron chi connectivity index (χ2n) is 6.29. The molecule has 0 aliphatic heterocycles. The topological polar surface area (TPSA) is 54.5 Å². The summed E-state index contributed by atoms with van der Waals surface area (Å²) < 4.78 is 0. The van der Waals surface area contributed by atoms with Crippen molar-refractivity contribution < 1.29 is 0 Å². The van der Waals surface area contributed by atoms with Crippen LogP contribution in [0.1, 0.15) is 19.2 Å². The second-order valence-corrected chi connectivity index (χ2v) is 6.29. The zero-order valence-corrected chi connectivity index (χ0v) is 8.51. The zero-order chi connectivity index (χ0) is 9.58. The molecular formula is C11H12N4. The summed E-state index contributed by atoms with van der Waals surface area (Å²) in [4.78, 5) is 0. The molecule has 7 rings (SSSR count). The van der Waals surface area contributed by atoms with E-state index in [1.807, 2.05) is 0 Å². The van der Waals surface area contributed by atoms with Crippen LogP contribution in [0.25, 0.3) is 0 Å². The molecule has 6 aliphatic carbocycles. The summed E-state index contributed by atoms with van der Waals surface area (Å²) in [6.45, 7) is 2.39. The predicted octanol–water partition coefficient (Wildman–Crippen LogP) is 0.599. The fraction of sp³-hybridized carbons (Fsp3) is 0.909. The number of tetrazole rings is 1. The van der Waals surface area contributed by atoms with E-state index in [2.05, 4.69) is 27.5 Å². The Balaban J connectivity index is 1.54. The number of nitrogens with one attached hydrogen (secondary N) is 1. The van der Waals surface area contributed by atoms with Crippen molar-refractivity contribution in [2.24, 2.45) is 40.9 Å². The molecule has 0 spiro atoms. The first-order valence-electron chi connectivity index (χ1n) is 6.14. The van der Waals surface area contributed by atoms with Gasteiger partial charge in [0.05, 0.1) is 0 Å². The van der Waals surface area contributed by atoms with Crippen molar-refractivity contribution >= 4 is 0 Å². The molecular weight excluding hydrogens is 188 g/mol. The van der Waals surface area contributed by atoms with Crippen molar-refractivity contribution in [3.05, 3.63) is 5.82 Å². The molecule has 0 amide bonds. The van der Waals surface area contributed by atoms with Crippen LogP contribution in [0.2, 0.25) is 0 Å². The van der Waals surface area contributed by atoms with Crippen molar-refractivity contribution in [1.29, 1.82) is 0 Å². The van der Waals surface area contributed by atoms with Crippen molar-refractivity contribution in [2.45, 2.75) is 18.8 Å². The third-order valence-electron chi connectivity index (χ3n) is 7.18. The lowest BCUT2D eigenvalue weighted by atomic mass is 8.92. The van der Waals surface area contributed by atoms with Gasteiger partial charge < -0.3 is 0 Å². The Morgan fingerprint density at radius 3 is 2.27 bits per heavy atom. The minimum atomic E-state index is 0.448. The maximum Gasteiger partial charge on any atom is 0.181 e. The lowest BCUT2D eigenvalue weighted by molar-refractivity contribution is -0.630. The smallest absolute Gasteiger partial charge is 0.177 e. The van der Waals surface area contributed by atoms with Gasteiger partial charge in [-0.3, -0.25) is 0 Å². The number of hydrogen-bond donors (Lipinski definition) is 1. The first-order valence-corrected chi connectivity index (χ1v) is 6.14. The third kappa shape index (κ3) is 0.284. The van der Waals surface area contributed by atoms with Crippen molar-refractivity contribution in [3.8, 4) is 0 Å². The van der Waals surface area contributed by atoms with Gasteiger partial charge in [-0.2, -0.15) is 5.21 Å². The van der Waals surface area contributed by atoms with Gasteiger partial charge in [-0.1, -0.05) is 12.1 Å². The highest BCUT2D eigenvalue weighted by atomic mass is 15.5. The van der Waals surface area contributed by atoms with Gasteiger partial charge in [0.25, 0.3) is 0 Å². The van der Waals surface area contributed by atoms with E-state index >= 15 is 0 Å². The van der Waals surface area contributed by atoms with Crippen molar-refractivity contribution in [3.63, 3.8) is 0 Å². The van der Waals surface area contributed by atoms with Gasteiger partial charge >= 0.3 is 0 Å². The number of nitrogens with zero attached hydrogens (tertiary/aromatic N) is 3. The highest BCUT2D eigenvalue weighted by Gasteiger charge is 3.10. The van der Waals surface area contributed by atoms with Crippen LogP contribution in [0.5, 0.6) is 0 Å². The summed E-state index contributed by atoms with van der Waals surface area (Å²) in [5.74, 6) is 7.17. The molecule has 0 saturated heterocycles. The van der Waals surface area contributed by atoms with Gasteiger partial charge in [-0.15, -0.1) is 10.2 Å². The highest BCUT2D eigenvalue weighted by molar-refractivity contribution is 5.60. The number of aromatic nitrogens is 4. The number of rotatable bonds is 2. The van der Waals surface area contributed by atoms with E-state index in [-0.39, 0.29) is 0 Å². The summed E-state index contributed by atoms with van der Waals surface area (Å²) in [6.07, 6.45) is 1.43. The Morgan fingerprint density at radius 2 is 1.80 bits per heavy atom. The van der Waals surface area contributed by atoms with E-state index in [9.17, 15) is 0 Å². The molecule has 0 atom stereocenters. The summed E-state index contributed by atoms with van der Waals surface area (Å²) in [5.41, 5.74) is 1.29. The van der Waals surface area contributed by atoms with E-state index in [0.717, 1.165) is 46.7 Å². The van der Waals surface area contributed by atoms with Crippen LogP contribution in [-0.2, 0) is 5.41 Å². The number of H-pyrrole nitrogens is 1. The predicted molar refractivity (Wildman–Crippen MR) is 49.5 cm³/mol. The quantitative estimate of drug-likeness (QED) is 0.760. The Labute approximate surface area is 86.8 Å². The number of aromatic amines is 1. The SMILES string of the molecule is CCC12C3C4C1C1C2C3C41c1nn[nH]n1. The summed E-state index contributed by atoms with van der Waals surface area (Å²) >= 11 is 0. The minimum absolute atomic E-state index is 0.448. The Kier molecular flexibility index (Phi) is 0.611. The lowest BCUT2D eigenvalue weighted by Crippen LogP contribution is -3.11. The maximum atomic E-state index is 4.26. The molecule has 0 unspecified atom stereocenters. The van der Waals surface area contributed by atoms with Gasteiger partial charge in [0, 0.05) is 5.41 Å². The van der Waals surface area contributed by atoms with Crippen LogP contribution >= 0.6 is 0 Å². The molecule has 0 aromatic carbocycles. The van der Waals surface area contributed by atoms with Crippen LogP contribution in [-0.4, -0.2) is 20.6 Å². The van der Waals surface area contributed by atoms with E-state index < -0.39 is 0 Å². The molecule has 0 radical (unpaired) electrons. The summed E-state index contributed by atoms with van der Waals surface area (Å²) in [7, 11) is 0. The van der Waals surface area contributed by atoms with E-state index in [0.29, 0.717) is 5.41 Å². The third-order valence-corrected chi connectivity index (χ3v) is 7.18. The molecule has 1 N–H and O–H groups in total. The van der Waals surface area contributed by atoms with E-state index in [1.165, 1.54) is 6.42 Å². The monoisotopic (exact) mass is 200 g/mol. The first-order chi connectivity index (χ1) is 7.40. The molecule has 1 heterocycles.